The van der Waals surface area contributed by atoms with Crippen LogP contribution in [0.25, 0.3) is 11.7 Å². The number of carbonyl (C=O) groups excluding carboxylic acids is 1. The summed E-state index contributed by atoms with van der Waals surface area (Å²) >= 11 is 6.55. The first-order chi connectivity index (χ1) is 14.4. The maximum Gasteiger partial charge on any atom is 0.267 e. The van der Waals surface area contributed by atoms with Gasteiger partial charge in [0.15, 0.2) is 0 Å². The zero-order valence-electron chi connectivity index (χ0n) is 16.5. The van der Waals surface area contributed by atoms with Crippen molar-refractivity contribution in [1.29, 1.82) is 0 Å². The fourth-order valence-corrected chi connectivity index (χ4v) is 4.23. The van der Waals surface area contributed by atoms with Crippen LogP contribution in [0.4, 0.5) is 5.82 Å². The summed E-state index contributed by atoms with van der Waals surface area (Å²) in [5.74, 6) is 1.20. The van der Waals surface area contributed by atoms with Gasteiger partial charge in [-0.3, -0.25) is 18.9 Å². The molecule has 1 aliphatic heterocycles. The van der Waals surface area contributed by atoms with Crippen molar-refractivity contribution in [2.24, 2.45) is 5.92 Å². The monoisotopic (exact) mass is 440 g/mol. The molecule has 1 aliphatic rings. The summed E-state index contributed by atoms with van der Waals surface area (Å²) in [5, 5.41) is 3.24. The SMILES string of the molecule is CC(C)CNc1nc2ccccn2c(=O)c1/C=C1\SC(=S)N(Cc2ccco2)C1=O. The van der Waals surface area contributed by atoms with E-state index in [1.165, 1.54) is 21.1 Å². The molecule has 0 radical (unpaired) electrons. The lowest BCUT2D eigenvalue weighted by Crippen LogP contribution is -2.27. The zero-order chi connectivity index (χ0) is 21.3. The molecule has 4 rings (SSSR count). The Morgan fingerprint density at radius 2 is 2.10 bits per heavy atom. The Bertz CT molecular complexity index is 1200. The largest absolute Gasteiger partial charge is 0.467 e. The molecule has 0 saturated carbocycles. The molecule has 4 heterocycles. The third-order valence-electron chi connectivity index (χ3n) is 4.49. The predicted octanol–water partition coefficient (Wildman–Crippen LogP) is 3.76. The highest BCUT2D eigenvalue weighted by Crippen LogP contribution is 2.34. The molecule has 0 bridgehead atoms. The number of nitrogens with one attached hydrogen (secondary N) is 1. The van der Waals surface area contributed by atoms with Gasteiger partial charge in [0, 0.05) is 12.7 Å². The van der Waals surface area contributed by atoms with Crippen LogP contribution in [0, 0.1) is 5.92 Å². The van der Waals surface area contributed by atoms with E-state index >= 15 is 0 Å². The maximum absolute atomic E-state index is 13.2. The van der Waals surface area contributed by atoms with Crippen molar-refractivity contribution in [2.45, 2.75) is 20.4 Å². The topological polar surface area (TPSA) is 79.9 Å². The van der Waals surface area contributed by atoms with Crippen LogP contribution < -0.4 is 10.9 Å². The number of hydrogen-bond donors (Lipinski definition) is 1. The number of furan rings is 1. The first-order valence-corrected chi connectivity index (χ1v) is 10.7. The minimum Gasteiger partial charge on any atom is -0.467 e. The van der Waals surface area contributed by atoms with Crippen molar-refractivity contribution >= 4 is 51.7 Å². The maximum atomic E-state index is 13.2. The summed E-state index contributed by atoms with van der Waals surface area (Å²) in [4.78, 5) is 32.6. The normalized spacial score (nSPS) is 15.7. The van der Waals surface area contributed by atoms with Crippen molar-refractivity contribution in [3.63, 3.8) is 0 Å². The second kappa shape index (κ2) is 8.45. The van der Waals surface area contributed by atoms with Gasteiger partial charge >= 0.3 is 0 Å². The minimum atomic E-state index is -0.256. The second-order valence-electron chi connectivity index (χ2n) is 7.23. The number of rotatable bonds is 6. The molecule has 0 atom stereocenters. The van der Waals surface area contributed by atoms with Gasteiger partial charge in [-0.05, 0) is 36.3 Å². The number of carbonyl (C=O) groups is 1. The average Bonchev–Trinajstić information content (AvgIpc) is 3.33. The van der Waals surface area contributed by atoms with Crippen LogP contribution in [0.3, 0.4) is 0 Å². The van der Waals surface area contributed by atoms with Crippen LogP contribution in [-0.2, 0) is 11.3 Å². The molecule has 30 heavy (non-hydrogen) atoms. The number of thioether (sulfide) groups is 1. The molecule has 1 fully saturated rings. The van der Waals surface area contributed by atoms with Crippen LogP contribution in [0.15, 0.2) is 56.9 Å². The van der Waals surface area contributed by atoms with Crippen molar-refractivity contribution in [1.82, 2.24) is 14.3 Å². The molecule has 0 aromatic carbocycles. The number of hydrogen-bond acceptors (Lipinski definition) is 7. The zero-order valence-corrected chi connectivity index (χ0v) is 18.1. The Labute approximate surface area is 182 Å². The van der Waals surface area contributed by atoms with E-state index in [1.807, 2.05) is 6.07 Å². The number of thiocarbonyl (C=S) groups is 1. The minimum absolute atomic E-state index is 0.247. The molecule has 3 aromatic heterocycles. The predicted molar refractivity (Wildman–Crippen MR) is 122 cm³/mol. The van der Waals surface area contributed by atoms with E-state index in [-0.39, 0.29) is 18.0 Å². The standard InChI is InChI=1S/C21H20N4O3S2/c1-13(2)11-22-18-15(19(26)24-8-4-3-7-17(24)23-18)10-16-20(27)25(21(29)30-16)12-14-6-5-9-28-14/h3-10,13,22H,11-12H2,1-2H3/b16-10-. The Hall–Kier alpha value is -2.91. The quantitative estimate of drug-likeness (QED) is 0.462. The Morgan fingerprint density at radius 1 is 1.27 bits per heavy atom. The highest BCUT2D eigenvalue weighted by Gasteiger charge is 2.33. The lowest BCUT2D eigenvalue weighted by molar-refractivity contribution is -0.122. The van der Waals surface area contributed by atoms with Crippen molar-refractivity contribution < 1.29 is 9.21 Å². The van der Waals surface area contributed by atoms with Crippen LogP contribution in [0.2, 0.25) is 0 Å². The van der Waals surface area contributed by atoms with E-state index < -0.39 is 0 Å². The molecule has 9 heteroatoms. The van der Waals surface area contributed by atoms with Crippen molar-refractivity contribution in [3.05, 3.63) is 69.4 Å². The summed E-state index contributed by atoms with van der Waals surface area (Å²) < 4.78 is 7.22. The number of anilines is 1. The van der Waals surface area contributed by atoms with E-state index in [4.69, 9.17) is 16.6 Å². The van der Waals surface area contributed by atoms with Gasteiger partial charge in [-0.25, -0.2) is 4.98 Å². The van der Waals surface area contributed by atoms with Gasteiger partial charge in [0.25, 0.3) is 11.5 Å². The highest BCUT2D eigenvalue weighted by atomic mass is 32.2. The van der Waals surface area contributed by atoms with Crippen LogP contribution >= 0.6 is 24.0 Å². The van der Waals surface area contributed by atoms with E-state index in [1.54, 1.807) is 42.8 Å². The molecule has 0 spiro atoms. The van der Waals surface area contributed by atoms with E-state index in [9.17, 15) is 9.59 Å². The van der Waals surface area contributed by atoms with Gasteiger partial charge in [0.05, 0.1) is 23.3 Å². The molecule has 3 aromatic rings. The van der Waals surface area contributed by atoms with E-state index in [2.05, 4.69) is 24.1 Å². The second-order valence-corrected chi connectivity index (χ2v) is 8.91. The third kappa shape index (κ3) is 4.03. The Morgan fingerprint density at radius 3 is 2.83 bits per heavy atom. The fraction of sp³-hybridized carbons (Fsp3) is 0.238. The molecule has 1 N–H and O–H groups in total. The van der Waals surface area contributed by atoms with Gasteiger partial charge in [0.2, 0.25) is 0 Å². The van der Waals surface area contributed by atoms with Crippen molar-refractivity contribution in [3.8, 4) is 0 Å². The number of aromatic nitrogens is 2. The summed E-state index contributed by atoms with van der Waals surface area (Å²) in [6.45, 7) is 5.04. The van der Waals surface area contributed by atoms with Crippen LogP contribution in [-0.4, -0.2) is 31.1 Å². The number of pyridine rings is 1. The van der Waals surface area contributed by atoms with Gasteiger partial charge in [-0.2, -0.15) is 0 Å². The number of nitrogens with zero attached hydrogens (tertiary/aromatic N) is 3. The summed E-state index contributed by atoms with van der Waals surface area (Å²) in [6, 6.07) is 8.92. The van der Waals surface area contributed by atoms with E-state index in [0.29, 0.717) is 44.5 Å². The Balaban J connectivity index is 1.74. The first-order valence-electron chi connectivity index (χ1n) is 9.47. The van der Waals surface area contributed by atoms with Gasteiger partial charge in [-0.1, -0.05) is 43.9 Å². The van der Waals surface area contributed by atoms with E-state index in [0.717, 1.165) is 0 Å². The lowest BCUT2D eigenvalue weighted by Gasteiger charge is -2.13. The molecule has 0 unspecified atom stereocenters. The molecule has 1 saturated heterocycles. The Kier molecular flexibility index (Phi) is 5.74. The number of amides is 1. The van der Waals surface area contributed by atoms with Gasteiger partial charge in [-0.15, -0.1) is 0 Å². The summed E-state index contributed by atoms with van der Waals surface area (Å²) in [6.07, 6.45) is 4.80. The fourth-order valence-electron chi connectivity index (χ4n) is 2.99. The first kappa shape index (κ1) is 20.4. The summed E-state index contributed by atoms with van der Waals surface area (Å²) in [7, 11) is 0. The highest BCUT2D eigenvalue weighted by molar-refractivity contribution is 8.26. The third-order valence-corrected chi connectivity index (χ3v) is 5.87. The van der Waals surface area contributed by atoms with Crippen LogP contribution in [0.5, 0.6) is 0 Å². The summed E-state index contributed by atoms with van der Waals surface area (Å²) in [5.41, 5.74) is 0.622. The average molecular weight is 441 g/mol. The number of fused-ring (bicyclic) bond motifs is 1. The molecule has 1 amide bonds. The molecule has 154 valence electrons. The molecule has 7 nitrogen and oxygen atoms in total. The van der Waals surface area contributed by atoms with Gasteiger partial charge < -0.3 is 9.73 Å². The van der Waals surface area contributed by atoms with Gasteiger partial charge in [0.1, 0.15) is 21.5 Å². The van der Waals surface area contributed by atoms with Crippen LogP contribution in [0.1, 0.15) is 25.2 Å². The smallest absolute Gasteiger partial charge is 0.267 e. The molecular weight excluding hydrogens is 420 g/mol. The van der Waals surface area contributed by atoms with Crippen molar-refractivity contribution in [2.75, 3.05) is 11.9 Å². The lowest BCUT2D eigenvalue weighted by atomic mass is 10.2. The molecular formula is C21H20N4O3S2. The molecule has 0 aliphatic carbocycles.